The maximum Gasteiger partial charge on any atom is 0.241 e. The third kappa shape index (κ3) is 4.54. The van der Waals surface area contributed by atoms with Crippen molar-refractivity contribution in [3.63, 3.8) is 0 Å². The highest BCUT2D eigenvalue weighted by Crippen LogP contribution is 2.35. The van der Waals surface area contributed by atoms with Crippen LogP contribution in [0.25, 0.3) is 0 Å². The van der Waals surface area contributed by atoms with Gasteiger partial charge in [-0.3, -0.25) is 0 Å². The van der Waals surface area contributed by atoms with E-state index in [2.05, 4.69) is 20.8 Å². The number of benzene rings is 1. The average molecular weight is 400 g/mol. The number of nitrogens with zero attached hydrogens (tertiary/aromatic N) is 1. The van der Waals surface area contributed by atoms with Crippen molar-refractivity contribution in [2.45, 2.75) is 11.0 Å². The number of rotatable bonds is 4. The van der Waals surface area contributed by atoms with Gasteiger partial charge in [0.15, 0.2) is 5.75 Å². The molecule has 0 saturated carbocycles. The van der Waals surface area contributed by atoms with Crippen LogP contribution in [0, 0.1) is 0 Å². The Hall–Kier alpha value is -0.380. The van der Waals surface area contributed by atoms with E-state index in [0.717, 1.165) is 6.54 Å². The fourth-order valence-electron chi connectivity index (χ4n) is 2.03. The topological polar surface area (TPSA) is 81.9 Å². The van der Waals surface area contributed by atoms with Gasteiger partial charge in [0.05, 0.1) is 11.6 Å². The van der Waals surface area contributed by atoms with Crippen LogP contribution in [0.1, 0.15) is 0 Å². The highest BCUT2D eigenvalue weighted by atomic mass is 79.9. The zero-order valence-electron chi connectivity index (χ0n) is 11.4. The first-order valence-corrected chi connectivity index (χ1v) is 8.94. The molecule has 0 aliphatic carbocycles. The number of hydrogen-bond donors (Lipinski definition) is 1. The number of halogens is 2. The number of ether oxygens (including phenoxy) is 2. The van der Waals surface area contributed by atoms with Crippen molar-refractivity contribution in [2.24, 2.45) is 5.14 Å². The average Bonchev–Trinajstić information content (AvgIpc) is 2.36. The van der Waals surface area contributed by atoms with Crippen LogP contribution in [0.4, 0.5) is 0 Å². The van der Waals surface area contributed by atoms with Crippen molar-refractivity contribution in [3.05, 3.63) is 21.6 Å². The Morgan fingerprint density at radius 3 is 2.90 bits per heavy atom. The monoisotopic (exact) mass is 398 g/mol. The van der Waals surface area contributed by atoms with Crippen LogP contribution in [0.2, 0.25) is 5.02 Å². The van der Waals surface area contributed by atoms with Crippen LogP contribution in [0.3, 0.4) is 0 Å². The van der Waals surface area contributed by atoms with E-state index in [9.17, 15) is 8.42 Å². The lowest BCUT2D eigenvalue weighted by Gasteiger charge is -2.30. The Morgan fingerprint density at radius 2 is 2.29 bits per heavy atom. The molecule has 1 heterocycles. The summed E-state index contributed by atoms with van der Waals surface area (Å²) in [7, 11) is -1.95. The maximum absolute atomic E-state index is 11.6. The van der Waals surface area contributed by atoms with Crippen molar-refractivity contribution < 1.29 is 17.9 Å². The fourth-order valence-corrected chi connectivity index (χ4v) is 3.82. The van der Waals surface area contributed by atoms with E-state index in [-0.39, 0.29) is 28.4 Å². The van der Waals surface area contributed by atoms with Gasteiger partial charge in [0.25, 0.3) is 0 Å². The third-order valence-corrected chi connectivity index (χ3v) is 4.69. The molecular weight excluding hydrogens is 384 g/mol. The molecule has 1 atom stereocenters. The number of likely N-dealkylation sites (N-methyl/N-ethyl adjacent to an activating group) is 1. The van der Waals surface area contributed by atoms with Crippen LogP contribution in [0.5, 0.6) is 5.75 Å². The molecule has 1 saturated heterocycles. The minimum atomic E-state index is -3.93. The fraction of sp³-hybridized carbons (Fsp3) is 0.500. The van der Waals surface area contributed by atoms with E-state index in [4.69, 9.17) is 26.2 Å². The largest absolute Gasteiger partial charge is 0.488 e. The van der Waals surface area contributed by atoms with E-state index >= 15 is 0 Å². The minimum absolute atomic E-state index is 0.0548. The summed E-state index contributed by atoms with van der Waals surface area (Å²) in [6, 6.07) is 2.92. The number of hydrogen-bond acceptors (Lipinski definition) is 5. The summed E-state index contributed by atoms with van der Waals surface area (Å²) in [6.07, 6.45) is -0.142. The first kappa shape index (κ1) is 17.0. The van der Waals surface area contributed by atoms with E-state index in [0.29, 0.717) is 17.6 Å². The number of morpholine rings is 1. The van der Waals surface area contributed by atoms with Gasteiger partial charge in [0, 0.05) is 17.6 Å². The van der Waals surface area contributed by atoms with Crippen molar-refractivity contribution in [3.8, 4) is 5.75 Å². The quantitative estimate of drug-likeness (QED) is 0.829. The second kappa shape index (κ2) is 6.80. The molecule has 118 valence electrons. The normalized spacial score (nSPS) is 20.5. The van der Waals surface area contributed by atoms with Crippen LogP contribution in [-0.2, 0) is 14.8 Å². The summed E-state index contributed by atoms with van der Waals surface area (Å²) in [5.41, 5.74) is 0. The third-order valence-electron chi connectivity index (χ3n) is 3.04. The van der Waals surface area contributed by atoms with Crippen LogP contribution < -0.4 is 9.88 Å². The lowest BCUT2D eigenvalue weighted by molar-refractivity contribution is -0.0407. The lowest BCUT2D eigenvalue weighted by atomic mass is 10.3. The molecule has 1 aromatic carbocycles. The van der Waals surface area contributed by atoms with Crippen molar-refractivity contribution in [2.75, 3.05) is 33.4 Å². The summed E-state index contributed by atoms with van der Waals surface area (Å²) in [5, 5.41) is 5.38. The molecule has 1 aliphatic heterocycles. The molecule has 1 aromatic rings. The molecule has 6 nitrogen and oxygen atoms in total. The molecule has 1 aliphatic rings. The highest BCUT2D eigenvalue weighted by Gasteiger charge is 2.23. The van der Waals surface area contributed by atoms with Crippen molar-refractivity contribution in [1.29, 1.82) is 0 Å². The van der Waals surface area contributed by atoms with Crippen LogP contribution >= 0.6 is 27.5 Å². The number of nitrogens with two attached hydrogens (primary N) is 1. The van der Waals surface area contributed by atoms with Gasteiger partial charge in [0.1, 0.15) is 17.6 Å². The summed E-state index contributed by atoms with van der Waals surface area (Å²) in [4.78, 5) is 1.97. The highest BCUT2D eigenvalue weighted by molar-refractivity contribution is 9.10. The van der Waals surface area contributed by atoms with Gasteiger partial charge in [-0.2, -0.15) is 0 Å². The van der Waals surface area contributed by atoms with Gasteiger partial charge in [-0.05, 0) is 19.2 Å². The van der Waals surface area contributed by atoms with Crippen LogP contribution in [-0.4, -0.2) is 52.8 Å². The molecule has 21 heavy (non-hydrogen) atoms. The molecule has 1 fully saturated rings. The Kier molecular flexibility index (Phi) is 5.50. The molecule has 0 amide bonds. The summed E-state index contributed by atoms with van der Waals surface area (Å²) in [5.74, 6) is 0.0548. The predicted octanol–water partition coefficient (Wildman–Crippen LogP) is 1.46. The minimum Gasteiger partial charge on any atom is -0.488 e. The molecule has 2 N–H and O–H groups in total. The van der Waals surface area contributed by atoms with Gasteiger partial charge in [0.2, 0.25) is 10.0 Å². The Bertz CT molecular complexity index is 626. The Morgan fingerprint density at radius 1 is 1.57 bits per heavy atom. The molecule has 0 aromatic heterocycles. The summed E-state index contributed by atoms with van der Waals surface area (Å²) < 4.78 is 34.9. The van der Waals surface area contributed by atoms with Crippen molar-refractivity contribution >= 4 is 37.6 Å². The molecule has 2 rings (SSSR count). The lowest BCUT2D eigenvalue weighted by Crippen LogP contribution is -2.42. The SMILES string of the molecule is CN1CCOC(COc2c(Cl)cc(Br)cc2S(N)(=O)=O)C1. The number of primary sulfonamides is 1. The number of sulfonamides is 1. The van der Waals surface area contributed by atoms with Gasteiger partial charge < -0.3 is 14.4 Å². The zero-order chi connectivity index (χ0) is 15.6. The van der Waals surface area contributed by atoms with Crippen LogP contribution in [0.15, 0.2) is 21.5 Å². The van der Waals surface area contributed by atoms with Gasteiger partial charge >= 0.3 is 0 Å². The Labute approximate surface area is 137 Å². The van der Waals surface area contributed by atoms with E-state index < -0.39 is 10.0 Å². The molecule has 1 unspecified atom stereocenters. The van der Waals surface area contributed by atoms with Gasteiger partial charge in [-0.1, -0.05) is 27.5 Å². The standard InChI is InChI=1S/C12H16BrClN2O4S/c1-16-2-3-19-9(6-16)7-20-12-10(14)4-8(13)5-11(12)21(15,17)18/h4-5,9H,2-3,6-7H2,1H3,(H2,15,17,18). The molecule has 0 radical (unpaired) electrons. The molecule has 0 bridgehead atoms. The van der Waals surface area contributed by atoms with Gasteiger partial charge in [-0.25, -0.2) is 13.6 Å². The smallest absolute Gasteiger partial charge is 0.241 e. The van der Waals surface area contributed by atoms with Gasteiger partial charge in [-0.15, -0.1) is 0 Å². The Balaban J connectivity index is 2.19. The van der Waals surface area contributed by atoms with E-state index in [1.165, 1.54) is 6.07 Å². The second-order valence-electron chi connectivity index (χ2n) is 4.83. The van der Waals surface area contributed by atoms with E-state index in [1.807, 2.05) is 7.05 Å². The molecule has 0 spiro atoms. The zero-order valence-corrected chi connectivity index (χ0v) is 14.5. The summed E-state index contributed by atoms with van der Waals surface area (Å²) in [6.45, 7) is 2.38. The first-order valence-electron chi connectivity index (χ1n) is 6.22. The molecular formula is C12H16BrClN2O4S. The maximum atomic E-state index is 11.6. The van der Waals surface area contributed by atoms with Crippen molar-refractivity contribution in [1.82, 2.24) is 4.90 Å². The van der Waals surface area contributed by atoms with E-state index in [1.54, 1.807) is 6.07 Å². The first-order chi connectivity index (χ1) is 9.77. The molecule has 9 heteroatoms. The second-order valence-corrected chi connectivity index (χ2v) is 7.68. The summed E-state index contributed by atoms with van der Waals surface area (Å²) >= 11 is 9.24. The predicted molar refractivity (Wildman–Crippen MR) is 83.3 cm³/mol.